The van der Waals surface area contributed by atoms with Gasteiger partial charge in [-0.3, -0.25) is 4.79 Å². The average molecular weight is 233 g/mol. The van der Waals surface area contributed by atoms with Crippen molar-refractivity contribution in [2.24, 2.45) is 4.99 Å². The topological polar surface area (TPSA) is 47.9 Å². The Balaban J connectivity index is 2.09. The predicted molar refractivity (Wildman–Crippen MR) is 63.8 cm³/mol. The van der Waals surface area contributed by atoms with Gasteiger partial charge in [-0.15, -0.1) is 0 Å². The highest BCUT2D eigenvalue weighted by atomic mass is 16.5. The fourth-order valence-corrected chi connectivity index (χ4v) is 1.85. The molecular weight excluding hydrogens is 218 g/mol. The lowest BCUT2D eigenvalue weighted by molar-refractivity contribution is -0.141. The molecule has 1 aromatic rings. The molecule has 0 amide bonds. The smallest absolute Gasteiger partial charge is 0.302 e. The molecule has 0 bridgehead atoms. The first-order valence-electron chi connectivity index (χ1n) is 5.56. The van der Waals surface area contributed by atoms with E-state index in [-0.39, 0.29) is 24.7 Å². The third kappa shape index (κ3) is 2.84. The minimum atomic E-state index is -0.295. The number of aliphatic imine (C=N–C) groups is 1. The molecule has 0 N–H and O–H groups in total. The van der Waals surface area contributed by atoms with Crippen molar-refractivity contribution in [2.75, 3.05) is 6.61 Å². The highest BCUT2D eigenvalue weighted by Crippen LogP contribution is 2.29. The lowest BCUT2D eigenvalue weighted by Gasteiger charge is -2.17. The van der Waals surface area contributed by atoms with E-state index in [2.05, 4.69) is 4.99 Å². The summed E-state index contributed by atoms with van der Waals surface area (Å²) in [4.78, 5) is 15.1. The summed E-state index contributed by atoms with van der Waals surface area (Å²) in [5, 5.41) is 0. The van der Waals surface area contributed by atoms with Crippen LogP contribution in [0, 0.1) is 0 Å². The minimum absolute atomic E-state index is 0.152. The van der Waals surface area contributed by atoms with E-state index < -0.39 is 0 Å². The molecule has 1 aliphatic rings. The monoisotopic (exact) mass is 233 g/mol. The van der Waals surface area contributed by atoms with E-state index in [0.29, 0.717) is 5.90 Å². The number of carbonyl (C=O) groups excluding carboxylic acids is 1. The Bertz CT molecular complexity index is 428. The Labute approximate surface area is 100 Å². The van der Waals surface area contributed by atoms with Gasteiger partial charge in [-0.1, -0.05) is 30.3 Å². The van der Waals surface area contributed by atoms with E-state index in [1.807, 2.05) is 37.3 Å². The molecule has 1 heterocycles. The van der Waals surface area contributed by atoms with E-state index in [1.165, 1.54) is 6.92 Å². The maximum Gasteiger partial charge on any atom is 0.302 e. The molecule has 4 nitrogen and oxygen atoms in total. The molecule has 2 rings (SSSR count). The SMILES string of the molecule is CC(=O)OCC1N=C(C)OC1c1ccccc1. The third-order valence-corrected chi connectivity index (χ3v) is 2.58. The fourth-order valence-electron chi connectivity index (χ4n) is 1.85. The number of nitrogens with zero attached hydrogens (tertiary/aromatic N) is 1. The summed E-state index contributed by atoms with van der Waals surface area (Å²) in [5.41, 5.74) is 1.05. The average Bonchev–Trinajstić information content (AvgIpc) is 2.69. The van der Waals surface area contributed by atoms with Gasteiger partial charge in [0.2, 0.25) is 0 Å². The molecule has 4 heteroatoms. The molecule has 0 radical (unpaired) electrons. The number of carbonyl (C=O) groups is 1. The molecular formula is C13H15NO3. The minimum Gasteiger partial charge on any atom is -0.471 e. The van der Waals surface area contributed by atoms with E-state index >= 15 is 0 Å². The van der Waals surface area contributed by atoms with Gasteiger partial charge in [-0.25, -0.2) is 4.99 Å². The van der Waals surface area contributed by atoms with E-state index in [0.717, 1.165) is 5.56 Å². The summed E-state index contributed by atoms with van der Waals surface area (Å²) in [6.45, 7) is 3.46. The maximum absolute atomic E-state index is 10.8. The molecule has 0 saturated carbocycles. The van der Waals surface area contributed by atoms with Crippen LogP contribution >= 0.6 is 0 Å². The largest absolute Gasteiger partial charge is 0.471 e. The van der Waals surface area contributed by atoms with Crippen molar-refractivity contribution in [2.45, 2.75) is 26.0 Å². The molecule has 2 unspecified atom stereocenters. The van der Waals surface area contributed by atoms with Gasteiger partial charge in [0.05, 0.1) is 0 Å². The predicted octanol–water partition coefficient (Wildman–Crippen LogP) is 2.11. The molecule has 1 aromatic carbocycles. The number of benzene rings is 1. The van der Waals surface area contributed by atoms with Crippen LogP contribution in [0.2, 0.25) is 0 Å². The first-order valence-corrected chi connectivity index (χ1v) is 5.56. The number of esters is 1. The first kappa shape index (κ1) is 11.6. The number of hydrogen-bond acceptors (Lipinski definition) is 4. The number of rotatable bonds is 3. The standard InChI is InChI=1S/C13H15NO3/c1-9-14-12(8-16-10(2)15)13(17-9)11-6-4-3-5-7-11/h3-7,12-13H,8H2,1-2H3. The van der Waals surface area contributed by atoms with Gasteiger partial charge in [-0.05, 0) is 5.56 Å². The normalized spacial score (nSPS) is 22.8. The van der Waals surface area contributed by atoms with Gasteiger partial charge in [0.1, 0.15) is 12.6 Å². The van der Waals surface area contributed by atoms with Crippen molar-refractivity contribution >= 4 is 11.9 Å². The van der Waals surface area contributed by atoms with Crippen molar-refractivity contribution < 1.29 is 14.3 Å². The zero-order valence-electron chi connectivity index (χ0n) is 9.92. The van der Waals surface area contributed by atoms with Crippen molar-refractivity contribution in [3.8, 4) is 0 Å². The fraction of sp³-hybridized carbons (Fsp3) is 0.385. The Hall–Kier alpha value is -1.84. The quantitative estimate of drug-likeness (QED) is 0.751. The Morgan fingerprint density at radius 3 is 2.76 bits per heavy atom. The van der Waals surface area contributed by atoms with Gasteiger partial charge in [0.25, 0.3) is 0 Å². The molecule has 0 fully saturated rings. The van der Waals surface area contributed by atoms with Gasteiger partial charge in [0.15, 0.2) is 12.0 Å². The summed E-state index contributed by atoms with van der Waals surface area (Å²) >= 11 is 0. The van der Waals surface area contributed by atoms with Gasteiger partial charge >= 0.3 is 5.97 Å². The highest BCUT2D eigenvalue weighted by molar-refractivity contribution is 5.75. The summed E-state index contributed by atoms with van der Waals surface area (Å²) in [7, 11) is 0. The van der Waals surface area contributed by atoms with Crippen LogP contribution in [0.15, 0.2) is 35.3 Å². The second kappa shape index (κ2) is 4.99. The molecule has 90 valence electrons. The van der Waals surface area contributed by atoms with Crippen LogP contribution in [0.3, 0.4) is 0 Å². The van der Waals surface area contributed by atoms with Crippen LogP contribution in [0.4, 0.5) is 0 Å². The summed E-state index contributed by atoms with van der Waals surface area (Å²) in [6, 6.07) is 9.68. The van der Waals surface area contributed by atoms with Crippen LogP contribution in [0.1, 0.15) is 25.5 Å². The second-order valence-corrected chi connectivity index (χ2v) is 3.97. The van der Waals surface area contributed by atoms with Gasteiger partial charge < -0.3 is 9.47 Å². The van der Waals surface area contributed by atoms with Crippen LogP contribution in [0.25, 0.3) is 0 Å². The second-order valence-electron chi connectivity index (χ2n) is 3.97. The summed E-state index contributed by atoms with van der Waals surface area (Å²) < 4.78 is 10.7. The highest BCUT2D eigenvalue weighted by Gasteiger charge is 2.31. The molecule has 0 aromatic heterocycles. The maximum atomic E-state index is 10.8. The molecule has 0 spiro atoms. The number of ether oxygens (including phenoxy) is 2. The molecule has 2 atom stereocenters. The Morgan fingerprint density at radius 1 is 1.41 bits per heavy atom. The van der Waals surface area contributed by atoms with Crippen LogP contribution in [-0.2, 0) is 14.3 Å². The van der Waals surface area contributed by atoms with Gasteiger partial charge in [0, 0.05) is 13.8 Å². The van der Waals surface area contributed by atoms with Crippen LogP contribution in [0.5, 0.6) is 0 Å². The van der Waals surface area contributed by atoms with Crippen molar-refractivity contribution in [3.63, 3.8) is 0 Å². The zero-order chi connectivity index (χ0) is 12.3. The molecule has 0 aliphatic carbocycles. The van der Waals surface area contributed by atoms with E-state index in [4.69, 9.17) is 9.47 Å². The van der Waals surface area contributed by atoms with E-state index in [9.17, 15) is 4.79 Å². The molecule has 17 heavy (non-hydrogen) atoms. The lowest BCUT2D eigenvalue weighted by atomic mass is 10.0. The Kier molecular flexibility index (Phi) is 3.42. The van der Waals surface area contributed by atoms with Crippen LogP contribution in [-0.4, -0.2) is 24.5 Å². The van der Waals surface area contributed by atoms with Crippen molar-refractivity contribution in [1.82, 2.24) is 0 Å². The molecule has 1 aliphatic heterocycles. The summed E-state index contributed by atoms with van der Waals surface area (Å²) in [5.74, 6) is 0.340. The van der Waals surface area contributed by atoms with Crippen molar-refractivity contribution in [1.29, 1.82) is 0 Å². The van der Waals surface area contributed by atoms with E-state index in [1.54, 1.807) is 0 Å². The Morgan fingerprint density at radius 2 is 2.12 bits per heavy atom. The molecule has 0 saturated heterocycles. The first-order chi connectivity index (χ1) is 8.16. The zero-order valence-corrected chi connectivity index (χ0v) is 9.92. The van der Waals surface area contributed by atoms with Crippen LogP contribution < -0.4 is 0 Å². The van der Waals surface area contributed by atoms with Crippen molar-refractivity contribution in [3.05, 3.63) is 35.9 Å². The number of hydrogen-bond donors (Lipinski definition) is 0. The summed E-state index contributed by atoms with van der Waals surface area (Å²) in [6.07, 6.45) is -0.157. The third-order valence-electron chi connectivity index (χ3n) is 2.58. The lowest BCUT2D eigenvalue weighted by Crippen LogP contribution is -2.21. The van der Waals surface area contributed by atoms with Gasteiger partial charge in [-0.2, -0.15) is 0 Å².